The van der Waals surface area contributed by atoms with Crippen molar-refractivity contribution in [2.45, 2.75) is 26.4 Å². The van der Waals surface area contributed by atoms with E-state index in [0.29, 0.717) is 11.3 Å². The molecule has 0 aliphatic heterocycles. The maximum absolute atomic E-state index is 11.8. The van der Waals surface area contributed by atoms with Gasteiger partial charge in [0.05, 0.1) is 14.2 Å². The van der Waals surface area contributed by atoms with Crippen molar-refractivity contribution in [2.24, 2.45) is 0 Å². The summed E-state index contributed by atoms with van der Waals surface area (Å²) >= 11 is 0. The maximum atomic E-state index is 11.8. The van der Waals surface area contributed by atoms with Crippen LogP contribution in [0.15, 0.2) is 30.0 Å². The Balaban J connectivity index is 2.85. The Morgan fingerprint density at radius 1 is 1.04 bits per heavy atom. The van der Waals surface area contributed by atoms with Crippen molar-refractivity contribution >= 4 is 24.3 Å². The van der Waals surface area contributed by atoms with Gasteiger partial charge in [0.15, 0.2) is 0 Å². The van der Waals surface area contributed by atoms with E-state index < -0.39 is 23.8 Å². The Bertz CT molecular complexity index is 657. The van der Waals surface area contributed by atoms with Crippen LogP contribution >= 0.6 is 0 Å². The van der Waals surface area contributed by atoms with Crippen molar-refractivity contribution < 1.29 is 33.3 Å². The summed E-state index contributed by atoms with van der Waals surface area (Å²) in [6.07, 6.45) is -0.986. The van der Waals surface area contributed by atoms with Crippen LogP contribution in [-0.2, 0) is 19.0 Å². The highest BCUT2D eigenvalue weighted by molar-refractivity contribution is 5.97. The van der Waals surface area contributed by atoms with E-state index in [1.54, 1.807) is 45.0 Å². The van der Waals surface area contributed by atoms with Crippen LogP contribution in [0.2, 0.25) is 0 Å². The zero-order valence-corrected chi connectivity index (χ0v) is 14.7. The third-order valence-corrected chi connectivity index (χ3v) is 2.63. The number of nitrogens with one attached hydrogen (secondary N) is 1. The minimum atomic E-state index is -1.18. The Kier molecular flexibility index (Phi) is 6.98. The van der Waals surface area contributed by atoms with E-state index in [9.17, 15) is 14.4 Å². The van der Waals surface area contributed by atoms with Crippen LogP contribution in [-0.4, -0.2) is 38.0 Å². The first-order valence-corrected chi connectivity index (χ1v) is 7.30. The smallest absolute Gasteiger partial charge is 0.497 e. The lowest BCUT2D eigenvalue weighted by molar-refractivity contribution is -0.136. The normalized spacial score (nSPS) is 11.3. The highest BCUT2D eigenvalue weighted by Crippen LogP contribution is 2.14. The fraction of sp³-hybridized carbons (Fsp3) is 0.353. The predicted molar refractivity (Wildman–Crippen MR) is 88.8 cm³/mol. The van der Waals surface area contributed by atoms with Crippen molar-refractivity contribution in [3.05, 3.63) is 35.5 Å². The molecular formula is C17H21NO7. The van der Waals surface area contributed by atoms with E-state index in [2.05, 4.69) is 14.8 Å². The van der Waals surface area contributed by atoms with E-state index in [-0.39, 0.29) is 5.70 Å². The number of rotatable bonds is 4. The average molecular weight is 351 g/mol. The largest absolute Gasteiger partial charge is 0.517 e. The molecule has 8 nitrogen and oxygen atoms in total. The van der Waals surface area contributed by atoms with Crippen LogP contribution in [0.3, 0.4) is 0 Å². The van der Waals surface area contributed by atoms with Crippen molar-refractivity contribution in [3.63, 3.8) is 0 Å². The van der Waals surface area contributed by atoms with Gasteiger partial charge in [-0.25, -0.2) is 14.4 Å². The lowest BCUT2D eigenvalue weighted by Gasteiger charge is -2.18. The summed E-state index contributed by atoms with van der Waals surface area (Å²) in [7, 11) is 2.68. The highest BCUT2D eigenvalue weighted by Gasteiger charge is 2.22. The molecule has 8 heteroatoms. The topological polar surface area (TPSA) is 100 Å². The van der Waals surface area contributed by atoms with E-state index in [0.717, 1.165) is 7.11 Å². The number of hydrogen-bond donors (Lipinski definition) is 1. The van der Waals surface area contributed by atoms with Crippen molar-refractivity contribution in [1.82, 2.24) is 5.32 Å². The molecule has 0 saturated heterocycles. The molecule has 0 saturated carbocycles. The predicted octanol–water partition coefficient (Wildman–Crippen LogP) is 2.87. The van der Waals surface area contributed by atoms with Gasteiger partial charge in [0.25, 0.3) is 0 Å². The molecule has 0 atom stereocenters. The summed E-state index contributed by atoms with van der Waals surface area (Å²) < 4.78 is 18.9. The van der Waals surface area contributed by atoms with E-state index in [4.69, 9.17) is 9.47 Å². The second-order valence-corrected chi connectivity index (χ2v) is 5.80. The number of benzene rings is 1. The molecule has 0 bridgehead atoms. The van der Waals surface area contributed by atoms with Crippen LogP contribution in [0.1, 0.15) is 26.3 Å². The lowest BCUT2D eigenvalue weighted by Crippen LogP contribution is -2.33. The molecule has 0 spiro atoms. The minimum absolute atomic E-state index is 0.207. The monoisotopic (exact) mass is 351 g/mol. The van der Waals surface area contributed by atoms with Gasteiger partial charge in [-0.15, -0.1) is 0 Å². The van der Waals surface area contributed by atoms with Gasteiger partial charge < -0.3 is 18.9 Å². The number of methoxy groups -OCH3 is 2. The zero-order chi connectivity index (χ0) is 19.0. The van der Waals surface area contributed by atoms with Crippen molar-refractivity contribution in [1.29, 1.82) is 0 Å². The summed E-state index contributed by atoms with van der Waals surface area (Å²) in [6, 6.07) is 6.70. The zero-order valence-electron chi connectivity index (χ0n) is 14.7. The van der Waals surface area contributed by atoms with Crippen LogP contribution in [0.4, 0.5) is 9.59 Å². The van der Waals surface area contributed by atoms with Gasteiger partial charge in [0, 0.05) is 0 Å². The van der Waals surface area contributed by atoms with Gasteiger partial charge in [-0.3, -0.25) is 5.32 Å². The van der Waals surface area contributed by atoms with Crippen LogP contribution in [0, 0.1) is 0 Å². The molecular weight excluding hydrogens is 330 g/mol. The fourth-order valence-corrected chi connectivity index (χ4v) is 1.60. The lowest BCUT2D eigenvalue weighted by atomic mass is 10.2. The van der Waals surface area contributed by atoms with Crippen molar-refractivity contribution in [3.8, 4) is 5.75 Å². The minimum Gasteiger partial charge on any atom is -0.497 e. The number of carbonyl (C=O) groups is 3. The molecule has 1 rings (SSSR count). The molecule has 25 heavy (non-hydrogen) atoms. The first-order chi connectivity index (χ1) is 11.6. The van der Waals surface area contributed by atoms with Crippen LogP contribution < -0.4 is 10.1 Å². The molecule has 1 aromatic carbocycles. The number of amides is 1. The molecule has 0 aliphatic carbocycles. The third-order valence-electron chi connectivity index (χ3n) is 2.63. The third kappa shape index (κ3) is 7.38. The summed E-state index contributed by atoms with van der Waals surface area (Å²) in [5, 5.41) is 2.15. The molecule has 136 valence electrons. The Morgan fingerprint density at radius 2 is 1.64 bits per heavy atom. The van der Waals surface area contributed by atoms with Gasteiger partial charge >= 0.3 is 18.2 Å². The number of hydrogen-bond acceptors (Lipinski definition) is 7. The summed E-state index contributed by atoms with van der Waals surface area (Å²) in [4.78, 5) is 35.0. The second kappa shape index (κ2) is 8.72. The van der Waals surface area contributed by atoms with E-state index >= 15 is 0 Å². The molecule has 1 aromatic rings. The molecule has 0 aliphatic rings. The van der Waals surface area contributed by atoms with Gasteiger partial charge in [-0.2, -0.15) is 0 Å². The Hall–Kier alpha value is -3.03. The van der Waals surface area contributed by atoms with Gasteiger partial charge in [-0.1, -0.05) is 12.1 Å². The Labute approximate surface area is 145 Å². The van der Waals surface area contributed by atoms with Gasteiger partial charge in [0.1, 0.15) is 17.0 Å². The summed E-state index contributed by atoms with van der Waals surface area (Å²) in [5.74, 6) is -0.175. The van der Waals surface area contributed by atoms with E-state index in [1.165, 1.54) is 13.2 Å². The standard InChI is InChI=1S/C17H21NO7/c1-17(2,3)25-16(21)24-15(20)18-13(14(19)23-5)10-11-6-8-12(22-4)9-7-11/h6-10H,1-5H3,(H,18,20)/b13-10-. The van der Waals surface area contributed by atoms with Crippen LogP contribution in [0.25, 0.3) is 6.08 Å². The Morgan fingerprint density at radius 3 is 2.12 bits per heavy atom. The van der Waals surface area contributed by atoms with Gasteiger partial charge in [-0.05, 0) is 44.5 Å². The first kappa shape index (κ1) is 20.0. The summed E-state index contributed by atoms with van der Waals surface area (Å²) in [6.45, 7) is 4.86. The molecule has 0 aromatic heterocycles. The van der Waals surface area contributed by atoms with Crippen molar-refractivity contribution in [2.75, 3.05) is 14.2 Å². The second-order valence-electron chi connectivity index (χ2n) is 5.80. The highest BCUT2D eigenvalue weighted by atomic mass is 16.8. The molecule has 1 N–H and O–H groups in total. The van der Waals surface area contributed by atoms with Gasteiger partial charge in [0.2, 0.25) is 0 Å². The molecule has 0 unspecified atom stereocenters. The number of alkyl carbamates (subject to hydrolysis) is 1. The van der Waals surface area contributed by atoms with Crippen LogP contribution in [0.5, 0.6) is 5.75 Å². The quantitative estimate of drug-likeness (QED) is 0.506. The maximum Gasteiger partial charge on any atom is 0.517 e. The SMILES string of the molecule is COC(=O)/C(=C/c1ccc(OC)cc1)NC(=O)OC(=O)OC(C)(C)C. The molecule has 0 radical (unpaired) electrons. The fourth-order valence-electron chi connectivity index (χ4n) is 1.60. The number of esters is 1. The molecule has 0 heterocycles. The molecule has 0 fully saturated rings. The number of carbonyl (C=O) groups excluding carboxylic acids is 3. The molecule has 1 amide bonds. The first-order valence-electron chi connectivity index (χ1n) is 7.30. The average Bonchev–Trinajstić information content (AvgIpc) is 2.52. The summed E-state index contributed by atoms with van der Waals surface area (Å²) in [5.41, 5.74) is -0.429. The number of ether oxygens (including phenoxy) is 4. The van der Waals surface area contributed by atoms with E-state index in [1.807, 2.05) is 0 Å².